The molecule has 3 rings (SSSR count). The number of hydrogen-bond donors (Lipinski definition) is 1. The molecule has 0 aliphatic carbocycles. The largest absolute Gasteiger partial charge is 0.460 e. The fourth-order valence-electron chi connectivity index (χ4n) is 2.28. The lowest BCUT2D eigenvalue weighted by atomic mass is 10.2. The van der Waals surface area contributed by atoms with Crippen LogP contribution in [0, 0.1) is 0 Å². The number of fused-ring (bicyclic) bond motifs is 1. The summed E-state index contributed by atoms with van der Waals surface area (Å²) in [6.45, 7) is 2.63. The monoisotopic (exact) mass is 284 g/mol. The standard InChI is InChI=1S/C16H16N2O3/c1-2-20-16(19)15-6-5-13(21-15)10-18-8-7-11-3-4-12(17)9-14(11)18/h3-9H,2,10,17H2,1H3. The van der Waals surface area contributed by atoms with Crippen molar-refractivity contribution in [3.63, 3.8) is 0 Å². The molecular formula is C16H16N2O3. The molecule has 2 aromatic heterocycles. The van der Waals surface area contributed by atoms with Crippen molar-refractivity contribution in [2.24, 2.45) is 0 Å². The Kier molecular flexibility index (Phi) is 3.39. The number of aromatic nitrogens is 1. The first-order valence-corrected chi connectivity index (χ1v) is 6.77. The highest BCUT2D eigenvalue weighted by Gasteiger charge is 2.12. The number of carbonyl (C=O) groups is 1. The predicted molar refractivity (Wildman–Crippen MR) is 80.1 cm³/mol. The maximum atomic E-state index is 11.6. The summed E-state index contributed by atoms with van der Waals surface area (Å²) >= 11 is 0. The second kappa shape index (κ2) is 5.36. The second-order valence-electron chi connectivity index (χ2n) is 4.75. The number of esters is 1. The van der Waals surface area contributed by atoms with E-state index in [1.54, 1.807) is 19.1 Å². The molecule has 3 aromatic rings. The summed E-state index contributed by atoms with van der Waals surface area (Å²) in [5.41, 5.74) is 7.57. The van der Waals surface area contributed by atoms with Crippen molar-refractivity contribution in [1.29, 1.82) is 0 Å². The highest BCUT2D eigenvalue weighted by atomic mass is 16.5. The van der Waals surface area contributed by atoms with Gasteiger partial charge in [0.1, 0.15) is 5.76 Å². The second-order valence-corrected chi connectivity index (χ2v) is 4.75. The minimum absolute atomic E-state index is 0.225. The van der Waals surface area contributed by atoms with Gasteiger partial charge in [-0.15, -0.1) is 0 Å². The fraction of sp³-hybridized carbons (Fsp3) is 0.188. The fourth-order valence-corrected chi connectivity index (χ4v) is 2.28. The van der Waals surface area contributed by atoms with Gasteiger partial charge < -0.3 is 19.5 Å². The topological polar surface area (TPSA) is 70.4 Å². The van der Waals surface area contributed by atoms with E-state index in [1.165, 1.54) is 0 Å². The van der Waals surface area contributed by atoms with Gasteiger partial charge in [0.2, 0.25) is 5.76 Å². The number of rotatable bonds is 4. The maximum Gasteiger partial charge on any atom is 0.374 e. The van der Waals surface area contributed by atoms with E-state index in [2.05, 4.69) is 0 Å². The van der Waals surface area contributed by atoms with Gasteiger partial charge in [0.05, 0.1) is 18.7 Å². The first-order valence-electron chi connectivity index (χ1n) is 6.77. The zero-order chi connectivity index (χ0) is 14.8. The molecule has 2 N–H and O–H groups in total. The average molecular weight is 284 g/mol. The number of ether oxygens (including phenoxy) is 1. The third-order valence-electron chi connectivity index (χ3n) is 3.26. The van der Waals surface area contributed by atoms with Crippen LogP contribution in [0.2, 0.25) is 0 Å². The van der Waals surface area contributed by atoms with Gasteiger partial charge in [-0.05, 0) is 42.6 Å². The summed E-state index contributed by atoms with van der Waals surface area (Å²) in [5.74, 6) is 0.478. The van der Waals surface area contributed by atoms with Crippen LogP contribution in [0.15, 0.2) is 47.0 Å². The summed E-state index contributed by atoms with van der Waals surface area (Å²) in [7, 11) is 0. The van der Waals surface area contributed by atoms with Crippen molar-refractivity contribution < 1.29 is 13.9 Å². The first kappa shape index (κ1) is 13.3. The minimum Gasteiger partial charge on any atom is -0.460 e. The highest BCUT2D eigenvalue weighted by molar-refractivity contribution is 5.86. The van der Waals surface area contributed by atoms with E-state index in [9.17, 15) is 4.79 Å². The lowest BCUT2D eigenvalue weighted by molar-refractivity contribution is 0.0488. The summed E-state index contributed by atoms with van der Waals surface area (Å²) < 4.78 is 12.5. The first-order chi connectivity index (χ1) is 10.2. The van der Waals surface area contributed by atoms with Crippen LogP contribution >= 0.6 is 0 Å². The average Bonchev–Trinajstić information content (AvgIpc) is 3.07. The molecule has 0 fully saturated rings. The molecule has 0 spiro atoms. The Morgan fingerprint density at radius 1 is 1.29 bits per heavy atom. The molecule has 0 amide bonds. The number of furan rings is 1. The van der Waals surface area contributed by atoms with Crippen molar-refractivity contribution in [3.8, 4) is 0 Å². The molecule has 0 aliphatic rings. The van der Waals surface area contributed by atoms with Crippen LogP contribution in [0.3, 0.4) is 0 Å². The van der Waals surface area contributed by atoms with E-state index in [0.717, 1.165) is 10.9 Å². The van der Waals surface area contributed by atoms with Crippen LogP contribution < -0.4 is 5.73 Å². The van der Waals surface area contributed by atoms with Gasteiger partial charge in [0.25, 0.3) is 0 Å². The highest BCUT2D eigenvalue weighted by Crippen LogP contribution is 2.20. The summed E-state index contributed by atoms with van der Waals surface area (Å²) in [6, 6.07) is 11.2. The van der Waals surface area contributed by atoms with Crippen molar-refractivity contribution in [2.45, 2.75) is 13.5 Å². The Hall–Kier alpha value is -2.69. The molecule has 108 valence electrons. The number of nitrogens with zero attached hydrogens (tertiary/aromatic N) is 1. The van der Waals surface area contributed by atoms with E-state index in [0.29, 0.717) is 24.6 Å². The number of anilines is 1. The molecule has 5 nitrogen and oxygen atoms in total. The summed E-state index contributed by atoms with van der Waals surface area (Å²) in [5, 5.41) is 1.11. The molecule has 0 saturated heterocycles. The van der Waals surface area contributed by atoms with Crippen LogP contribution in [0.25, 0.3) is 10.9 Å². The molecular weight excluding hydrogens is 268 g/mol. The Morgan fingerprint density at radius 3 is 2.95 bits per heavy atom. The quantitative estimate of drug-likeness (QED) is 0.590. The Morgan fingerprint density at radius 2 is 2.14 bits per heavy atom. The lowest BCUT2D eigenvalue weighted by Crippen LogP contribution is -2.03. The molecule has 0 atom stereocenters. The summed E-state index contributed by atoms with van der Waals surface area (Å²) in [4.78, 5) is 11.6. The van der Waals surface area contributed by atoms with Gasteiger partial charge in [-0.1, -0.05) is 6.07 Å². The molecule has 1 aromatic carbocycles. The SMILES string of the molecule is CCOC(=O)c1ccc(Cn2ccc3ccc(N)cc32)o1. The van der Waals surface area contributed by atoms with Crippen LogP contribution in [-0.4, -0.2) is 17.1 Å². The Labute approximate surface area is 121 Å². The van der Waals surface area contributed by atoms with Crippen molar-refractivity contribution in [3.05, 3.63) is 54.1 Å². The maximum absolute atomic E-state index is 11.6. The van der Waals surface area contributed by atoms with Crippen LogP contribution in [0.5, 0.6) is 0 Å². The van der Waals surface area contributed by atoms with E-state index < -0.39 is 5.97 Å². The van der Waals surface area contributed by atoms with E-state index in [-0.39, 0.29) is 5.76 Å². The van der Waals surface area contributed by atoms with Gasteiger partial charge in [-0.25, -0.2) is 4.79 Å². The number of hydrogen-bond acceptors (Lipinski definition) is 4. The molecule has 0 radical (unpaired) electrons. The van der Waals surface area contributed by atoms with Crippen molar-refractivity contribution >= 4 is 22.6 Å². The molecule has 0 aliphatic heterocycles. The molecule has 0 saturated carbocycles. The minimum atomic E-state index is -0.439. The third-order valence-corrected chi connectivity index (χ3v) is 3.26. The molecule has 2 heterocycles. The van der Waals surface area contributed by atoms with Crippen molar-refractivity contribution in [2.75, 3.05) is 12.3 Å². The van der Waals surface area contributed by atoms with Gasteiger partial charge in [0, 0.05) is 11.9 Å². The summed E-state index contributed by atoms with van der Waals surface area (Å²) in [6.07, 6.45) is 1.97. The van der Waals surface area contributed by atoms with Gasteiger partial charge in [-0.2, -0.15) is 0 Å². The predicted octanol–water partition coefficient (Wildman–Crippen LogP) is 3.04. The lowest BCUT2D eigenvalue weighted by Gasteiger charge is -2.04. The smallest absolute Gasteiger partial charge is 0.374 e. The third kappa shape index (κ3) is 2.63. The Balaban J connectivity index is 1.85. The zero-order valence-electron chi connectivity index (χ0n) is 11.7. The molecule has 0 bridgehead atoms. The van der Waals surface area contributed by atoms with Crippen LogP contribution in [0.4, 0.5) is 5.69 Å². The van der Waals surface area contributed by atoms with Crippen LogP contribution in [0.1, 0.15) is 23.2 Å². The normalized spacial score (nSPS) is 10.9. The van der Waals surface area contributed by atoms with Gasteiger partial charge in [0.15, 0.2) is 0 Å². The zero-order valence-corrected chi connectivity index (χ0v) is 11.7. The Bertz CT molecular complexity index is 786. The molecule has 0 unspecified atom stereocenters. The number of carbonyl (C=O) groups excluding carboxylic acids is 1. The molecule has 21 heavy (non-hydrogen) atoms. The molecule has 5 heteroatoms. The van der Waals surface area contributed by atoms with Gasteiger partial charge >= 0.3 is 5.97 Å². The number of benzene rings is 1. The van der Waals surface area contributed by atoms with E-state index in [4.69, 9.17) is 14.9 Å². The number of nitrogens with two attached hydrogens (primary N) is 1. The van der Waals surface area contributed by atoms with Gasteiger partial charge in [-0.3, -0.25) is 0 Å². The number of nitrogen functional groups attached to an aromatic ring is 1. The van der Waals surface area contributed by atoms with Crippen LogP contribution in [-0.2, 0) is 11.3 Å². The van der Waals surface area contributed by atoms with Crippen molar-refractivity contribution in [1.82, 2.24) is 4.57 Å². The van der Waals surface area contributed by atoms with E-state index >= 15 is 0 Å². The van der Waals surface area contributed by atoms with E-state index in [1.807, 2.05) is 35.0 Å².